The summed E-state index contributed by atoms with van der Waals surface area (Å²) >= 11 is 1.45. The van der Waals surface area contributed by atoms with Gasteiger partial charge in [-0.05, 0) is 30.7 Å². The third-order valence-corrected chi connectivity index (χ3v) is 4.68. The lowest BCUT2D eigenvalue weighted by atomic mass is 10.2. The van der Waals surface area contributed by atoms with E-state index < -0.39 is 0 Å². The van der Waals surface area contributed by atoms with E-state index >= 15 is 0 Å². The molecule has 0 spiro atoms. The molecule has 0 aliphatic carbocycles. The van der Waals surface area contributed by atoms with E-state index in [1.54, 1.807) is 6.20 Å². The second-order valence-electron chi connectivity index (χ2n) is 5.19. The van der Waals surface area contributed by atoms with Crippen LogP contribution in [0, 0.1) is 0 Å². The summed E-state index contributed by atoms with van der Waals surface area (Å²) in [6, 6.07) is 7.85. The minimum Gasteiger partial charge on any atom is -0.351 e. The zero-order valence-electron chi connectivity index (χ0n) is 12.6. The Labute approximate surface area is 133 Å². The van der Waals surface area contributed by atoms with Gasteiger partial charge in [-0.3, -0.25) is 4.79 Å². The van der Waals surface area contributed by atoms with Crippen LogP contribution < -0.4 is 5.32 Å². The van der Waals surface area contributed by atoms with Gasteiger partial charge in [-0.25, -0.2) is 4.98 Å². The molecule has 4 nitrogen and oxygen atoms in total. The number of nitrogens with one attached hydrogen (secondary N) is 1. The summed E-state index contributed by atoms with van der Waals surface area (Å²) in [5.41, 5.74) is 0.922. The molecule has 0 radical (unpaired) electrons. The number of unbranched alkanes of at least 4 members (excludes halogenated alkanes) is 2. The van der Waals surface area contributed by atoms with Crippen LogP contribution in [-0.2, 0) is 0 Å². The molecule has 1 N–H and O–H groups in total. The molecule has 3 aromatic heterocycles. The lowest BCUT2D eigenvalue weighted by molar-refractivity contribution is 0.0957. The summed E-state index contributed by atoms with van der Waals surface area (Å²) in [6.07, 6.45) is 8.99. The van der Waals surface area contributed by atoms with Gasteiger partial charge in [0.2, 0.25) is 0 Å². The van der Waals surface area contributed by atoms with Crippen molar-refractivity contribution in [3.05, 3.63) is 47.7 Å². The summed E-state index contributed by atoms with van der Waals surface area (Å²) in [6.45, 7) is 2.88. The van der Waals surface area contributed by atoms with Crippen LogP contribution in [0.25, 0.3) is 15.9 Å². The molecular weight excluding hydrogens is 294 g/mol. The molecule has 22 heavy (non-hydrogen) atoms. The average Bonchev–Trinajstić information content (AvgIpc) is 3.17. The third-order valence-electron chi connectivity index (χ3n) is 3.57. The van der Waals surface area contributed by atoms with Crippen LogP contribution in [0.1, 0.15) is 35.9 Å². The molecule has 0 bridgehead atoms. The van der Waals surface area contributed by atoms with Crippen molar-refractivity contribution in [2.24, 2.45) is 0 Å². The van der Waals surface area contributed by atoms with E-state index in [2.05, 4.69) is 17.2 Å². The van der Waals surface area contributed by atoms with Gasteiger partial charge in [0.1, 0.15) is 9.71 Å². The summed E-state index contributed by atoms with van der Waals surface area (Å²) in [5.74, 6) is -0.0113. The first kappa shape index (κ1) is 14.8. The summed E-state index contributed by atoms with van der Waals surface area (Å²) in [7, 11) is 0. The van der Waals surface area contributed by atoms with Crippen molar-refractivity contribution in [1.29, 1.82) is 0 Å². The number of rotatable bonds is 6. The molecule has 0 aromatic carbocycles. The van der Waals surface area contributed by atoms with E-state index in [4.69, 9.17) is 0 Å². The number of amides is 1. The third kappa shape index (κ3) is 2.90. The van der Waals surface area contributed by atoms with Crippen LogP contribution in [-0.4, -0.2) is 22.0 Å². The molecule has 0 saturated carbocycles. The number of pyridine rings is 1. The molecule has 5 heteroatoms. The number of aromatic nitrogens is 2. The SMILES string of the molecule is CCCCCNC(=O)c1sc2ncccc2c1-n1cccc1. The van der Waals surface area contributed by atoms with E-state index in [9.17, 15) is 4.79 Å². The van der Waals surface area contributed by atoms with Crippen LogP contribution in [0.4, 0.5) is 0 Å². The zero-order valence-corrected chi connectivity index (χ0v) is 13.4. The van der Waals surface area contributed by atoms with Crippen molar-refractivity contribution in [2.45, 2.75) is 26.2 Å². The first-order valence-corrected chi connectivity index (χ1v) is 8.42. The van der Waals surface area contributed by atoms with Crippen LogP contribution in [0.5, 0.6) is 0 Å². The predicted octanol–water partition coefficient (Wildman–Crippen LogP) is 4.01. The Hall–Kier alpha value is -2.14. The Morgan fingerprint density at radius 3 is 2.86 bits per heavy atom. The molecule has 114 valence electrons. The van der Waals surface area contributed by atoms with Gasteiger partial charge < -0.3 is 9.88 Å². The second kappa shape index (κ2) is 6.75. The highest BCUT2D eigenvalue weighted by Crippen LogP contribution is 2.32. The van der Waals surface area contributed by atoms with Crippen molar-refractivity contribution in [2.75, 3.05) is 6.54 Å². The first-order valence-electron chi connectivity index (χ1n) is 7.60. The van der Waals surface area contributed by atoms with Gasteiger partial charge in [-0.1, -0.05) is 19.8 Å². The molecule has 0 unspecified atom stereocenters. The largest absolute Gasteiger partial charge is 0.351 e. The smallest absolute Gasteiger partial charge is 0.263 e. The molecular formula is C17H19N3OS. The van der Waals surface area contributed by atoms with Crippen molar-refractivity contribution in [1.82, 2.24) is 14.9 Å². The molecule has 0 saturated heterocycles. The number of carbonyl (C=O) groups excluding carboxylic acids is 1. The summed E-state index contributed by atoms with van der Waals surface area (Å²) < 4.78 is 1.99. The fraction of sp³-hybridized carbons (Fsp3) is 0.294. The minimum atomic E-state index is -0.0113. The molecule has 0 aliphatic rings. The highest BCUT2D eigenvalue weighted by molar-refractivity contribution is 7.21. The molecule has 0 aliphatic heterocycles. The minimum absolute atomic E-state index is 0.0113. The van der Waals surface area contributed by atoms with E-state index in [1.165, 1.54) is 11.3 Å². The highest BCUT2D eigenvalue weighted by atomic mass is 32.1. The maximum absolute atomic E-state index is 12.6. The molecule has 3 aromatic rings. The second-order valence-corrected chi connectivity index (χ2v) is 6.19. The maximum atomic E-state index is 12.6. The Kier molecular flexibility index (Phi) is 4.53. The molecule has 0 fully saturated rings. The summed E-state index contributed by atoms with van der Waals surface area (Å²) in [5, 5.41) is 4.04. The standard InChI is InChI=1S/C17H19N3OS/c1-2-3-4-9-18-16(21)15-14(20-11-5-6-12-20)13-8-7-10-19-17(13)22-15/h5-8,10-12H,2-4,9H2,1H3,(H,18,21). The number of nitrogens with zero attached hydrogens (tertiary/aromatic N) is 2. The quantitative estimate of drug-likeness (QED) is 0.699. The molecule has 1 amide bonds. The first-order chi connectivity index (χ1) is 10.8. The van der Waals surface area contributed by atoms with Crippen LogP contribution in [0.2, 0.25) is 0 Å². The molecule has 3 rings (SSSR count). The van der Waals surface area contributed by atoms with Gasteiger partial charge >= 0.3 is 0 Å². The molecule has 0 atom stereocenters. The van der Waals surface area contributed by atoms with E-state index in [0.29, 0.717) is 0 Å². The lowest BCUT2D eigenvalue weighted by Crippen LogP contribution is -2.24. The fourth-order valence-electron chi connectivity index (χ4n) is 2.47. The molecule has 3 heterocycles. The van der Waals surface area contributed by atoms with Gasteiger partial charge in [0.25, 0.3) is 5.91 Å². The number of hydrogen-bond donors (Lipinski definition) is 1. The Bertz CT molecular complexity index is 761. The van der Waals surface area contributed by atoms with Crippen molar-refractivity contribution in [3.63, 3.8) is 0 Å². The van der Waals surface area contributed by atoms with Gasteiger partial charge in [0, 0.05) is 30.5 Å². The van der Waals surface area contributed by atoms with Crippen molar-refractivity contribution >= 4 is 27.5 Å². The van der Waals surface area contributed by atoms with Gasteiger partial charge in [-0.2, -0.15) is 0 Å². The Morgan fingerprint density at radius 2 is 2.09 bits per heavy atom. The monoisotopic (exact) mass is 313 g/mol. The maximum Gasteiger partial charge on any atom is 0.263 e. The topological polar surface area (TPSA) is 46.9 Å². The van der Waals surface area contributed by atoms with Gasteiger partial charge in [0.05, 0.1) is 5.69 Å². The number of carbonyl (C=O) groups is 1. The zero-order chi connectivity index (χ0) is 15.4. The number of fused-ring (bicyclic) bond motifs is 1. The normalized spacial score (nSPS) is 11.0. The van der Waals surface area contributed by atoms with Gasteiger partial charge in [0.15, 0.2) is 0 Å². The average molecular weight is 313 g/mol. The van der Waals surface area contributed by atoms with Crippen LogP contribution >= 0.6 is 11.3 Å². The predicted molar refractivity (Wildman–Crippen MR) is 90.8 cm³/mol. The van der Waals surface area contributed by atoms with E-state index in [-0.39, 0.29) is 5.91 Å². The van der Waals surface area contributed by atoms with Crippen molar-refractivity contribution < 1.29 is 4.79 Å². The fourth-order valence-corrected chi connectivity index (χ4v) is 3.53. The number of hydrogen-bond acceptors (Lipinski definition) is 3. The van der Waals surface area contributed by atoms with Crippen LogP contribution in [0.3, 0.4) is 0 Å². The van der Waals surface area contributed by atoms with Gasteiger partial charge in [-0.15, -0.1) is 11.3 Å². The Balaban J connectivity index is 1.95. The van der Waals surface area contributed by atoms with Crippen LogP contribution in [0.15, 0.2) is 42.9 Å². The van der Waals surface area contributed by atoms with E-state index in [1.807, 2.05) is 41.2 Å². The number of thiophene rings is 1. The highest BCUT2D eigenvalue weighted by Gasteiger charge is 2.19. The lowest BCUT2D eigenvalue weighted by Gasteiger charge is -2.07. The van der Waals surface area contributed by atoms with Crippen molar-refractivity contribution in [3.8, 4) is 5.69 Å². The summed E-state index contributed by atoms with van der Waals surface area (Å²) in [4.78, 5) is 18.6. The Morgan fingerprint density at radius 1 is 1.27 bits per heavy atom. The van der Waals surface area contributed by atoms with E-state index in [0.717, 1.165) is 46.6 Å².